The van der Waals surface area contributed by atoms with Crippen LogP contribution in [0.25, 0.3) is 10.6 Å². The van der Waals surface area contributed by atoms with E-state index in [1.54, 1.807) is 6.07 Å². The lowest BCUT2D eigenvalue weighted by Crippen LogP contribution is -2.08. The molecule has 98 valence electrons. The molecule has 0 amide bonds. The summed E-state index contributed by atoms with van der Waals surface area (Å²) in [6.45, 7) is 0. The van der Waals surface area contributed by atoms with E-state index in [9.17, 15) is 15.0 Å². The van der Waals surface area contributed by atoms with Crippen molar-refractivity contribution in [3.63, 3.8) is 0 Å². The first-order chi connectivity index (χ1) is 9.06. The van der Waals surface area contributed by atoms with Gasteiger partial charge in [-0.05, 0) is 31.0 Å². The van der Waals surface area contributed by atoms with Gasteiger partial charge in [0.05, 0.1) is 5.69 Å². The van der Waals surface area contributed by atoms with Crippen LogP contribution in [0.5, 0.6) is 11.5 Å². The fraction of sp³-hybridized carbons (Fsp3) is 0.231. The minimum absolute atomic E-state index is 0.184. The zero-order valence-electron chi connectivity index (χ0n) is 9.83. The fourth-order valence-electron chi connectivity index (χ4n) is 2.25. The van der Waals surface area contributed by atoms with E-state index in [0.29, 0.717) is 22.7 Å². The van der Waals surface area contributed by atoms with Crippen LogP contribution >= 0.6 is 11.3 Å². The molecule has 3 N–H and O–H groups in total. The van der Waals surface area contributed by atoms with E-state index in [-0.39, 0.29) is 11.5 Å². The number of phenolic OH excluding ortho intramolecular Hbond substituents is 2. The second kappa shape index (κ2) is 4.24. The Morgan fingerprint density at radius 3 is 2.79 bits per heavy atom. The SMILES string of the molecule is O=C(O)C1CCc2sc(-c3ccc(O)c(O)c3)nc21. The van der Waals surface area contributed by atoms with Crippen LogP contribution in [0, 0.1) is 0 Å². The Bertz CT molecular complexity index is 665. The second-order valence-electron chi connectivity index (χ2n) is 4.46. The molecule has 1 aliphatic rings. The Balaban J connectivity index is 2.02. The summed E-state index contributed by atoms with van der Waals surface area (Å²) in [7, 11) is 0. The van der Waals surface area contributed by atoms with Crippen molar-refractivity contribution in [2.24, 2.45) is 0 Å². The highest BCUT2D eigenvalue weighted by molar-refractivity contribution is 7.15. The molecule has 1 heterocycles. The van der Waals surface area contributed by atoms with Crippen LogP contribution in [-0.2, 0) is 11.2 Å². The number of aromatic nitrogens is 1. The van der Waals surface area contributed by atoms with Crippen LogP contribution in [0.1, 0.15) is 22.9 Å². The summed E-state index contributed by atoms with van der Waals surface area (Å²) in [6, 6.07) is 4.48. The molecule has 1 aromatic heterocycles. The predicted molar refractivity (Wildman–Crippen MR) is 69.6 cm³/mol. The molecule has 0 aliphatic heterocycles. The Morgan fingerprint density at radius 2 is 2.11 bits per heavy atom. The summed E-state index contributed by atoms with van der Waals surface area (Å²) < 4.78 is 0. The first-order valence-corrected chi connectivity index (χ1v) is 6.62. The third-order valence-corrected chi connectivity index (χ3v) is 4.42. The number of thiazole rings is 1. The van der Waals surface area contributed by atoms with Crippen molar-refractivity contribution in [3.05, 3.63) is 28.8 Å². The summed E-state index contributed by atoms with van der Waals surface area (Å²) >= 11 is 1.44. The molecule has 0 spiro atoms. The van der Waals surface area contributed by atoms with Gasteiger partial charge in [0.2, 0.25) is 0 Å². The van der Waals surface area contributed by atoms with Gasteiger partial charge >= 0.3 is 5.97 Å². The number of phenols is 2. The maximum absolute atomic E-state index is 11.1. The molecular formula is C13H11NO4S. The fourth-order valence-corrected chi connectivity index (χ4v) is 3.38. The molecule has 0 saturated heterocycles. The summed E-state index contributed by atoms with van der Waals surface area (Å²) in [5.41, 5.74) is 1.32. The van der Waals surface area contributed by atoms with Crippen molar-refractivity contribution >= 4 is 17.3 Å². The first kappa shape index (κ1) is 12.0. The largest absolute Gasteiger partial charge is 0.504 e. The van der Waals surface area contributed by atoms with Crippen LogP contribution in [0.15, 0.2) is 18.2 Å². The average Bonchev–Trinajstić information content (AvgIpc) is 2.91. The van der Waals surface area contributed by atoms with Crippen molar-refractivity contribution in [3.8, 4) is 22.1 Å². The number of carboxylic acid groups (broad SMARTS) is 1. The van der Waals surface area contributed by atoms with Crippen molar-refractivity contribution in [1.29, 1.82) is 0 Å². The van der Waals surface area contributed by atoms with E-state index in [0.717, 1.165) is 11.3 Å². The lowest BCUT2D eigenvalue weighted by atomic mass is 10.1. The Kier molecular flexibility index (Phi) is 2.67. The zero-order valence-corrected chi connectivity index (χ0v) is 10.6. The lowest BCUT2D eigenvalue weighted by molar-refractivity contribution is -0.138. The summed E-state index contributed by atoms with van der Waals surface area (Å²) in [4.78, 5) is 16.5. The summed E-state index contributed by atoms with van der Waals surface area (Å²) in [5.74, 6) is -1.76. The first-order valence-electron chi connectivity index (χ1n) is 5.81. The van der Waals surface area contributed by atoms with Crippen LogP contribution < -0.4 is 0 Å². The van der Waals surface area contributed by atoms with Gasteiger partial charge in [0, 0.05) is 10.4 Å². The van der Waals surface area contributed by atoms with Gasteiger partial charge in [0.1, 0.15) is 10.9 Å². The predicted octanol–water partition coefficient (Wildman–Crippen LogP) is 2.34. The zero-order chi connectivity index (χ0) is 13.6. The molecule has 1 aromatic carbocycles. The second-order valence-corrected chi connectivity index (χ2v) is 5.54. The number of carboxylic acids is 1. The number of hydrogen-bond donors (Lipinski definition) is 3. The Morgan fingerprint density at radius 1 is 1.32 bits per heavy atom. The van der Waals surface area contributed by atoms with Crippen LogP contribution in [0.2, 0.25) is 0 Å². The van der Waals surface area contributed by atoms with Crippen LogP contribution in [-0.4, -0.2) is 26.3 Å². The highest BCUT2D eigenvalue weighted by Crippen LogP contribution is 2.41. The maximum Gasteiger partial charge on any atom is 0.312 e. The number of rotatable bonds is 2. The van der Waals surface area contributed by atoms with Crippen molar-refractivity contribution in [2.45, 2.75) is 18.8 Å². The molecule has 1 aliphatic carbocycles. The quantitative estimate of drug-likeness (QED) is 0.733. The topological polar surface area (TPSA) is 90.7 Å². The highest BCUT2D eigenvalue weighted by atomic mass is 32.1. The molecule has 6 heteroatoms. The van der Waals surface area contributed by atoms with Gasteiger partial charge < -0.3 is 15.3 Å². The van der Waals surface area contributed by atoms with Gasteiger partial charge in [-0.2, -0.15) is 0 Å². The van der Waals surface area contributed by atoms with Crippen LogP contribution in [0.4, 0.5) is 0 Å². The molecule has 0 fully saturated rings. The number of hydrogen-bond acceptors (Lipinski definition) is 5. The minimum Gasteiger partial charge on any atom is -0.504 e. The molecule has 19 heavy (non-hydrogen) atoms. The molecule has 3 rings (SSSR count). The van der Waals surface area contributed by atoms with Gasteiger partial charge in [-0.1, -0.05) is 0 Å². The number of fused-ring (bicyclic) bond motifs is 1. The van der Waals surface area contributed by atoms with Crippen LogP contribution in [0.3, 0.4) is 0 Å². The number of benzene rings is 1. The standard InChI is InChI=1S/C13H11NO4S/c15-8-3-1-6(5-9(8)16)12-14-11-7(13(17)18)2-4-10(11)19-12/h1,3,5,7,15-16H,2,4H2,(H,17,18). The van der Waals surface area contributed by atoms with Gasteiger partial charge in [-0.3, -0.25) is 4.79 Å². The van der Waals surface area contributed by atoms with Crippen molar-refractivity contribution < 1.29 is 20.1 Å². The van der Waals surface area contributed by atoms with E-state index < -0.39 is 11.9 Å². The van der Waals surface area contributed by atoms with E-state index in [1.165, 1.54) is 23.5 Å². The smallest absolute Gasteiger partial charge is 0.312 e. The van der Waals surface area contributed by atoms with E-state index in [1.807, 2.05) is 0 Å². The number of aryl methyl sites for hydroxylation is 1. The molecule has 2 aromatic rings. The molecular weight excluding hydrogens is 266 g/mol. The normalized spacial score (nSPS) is 17.4. The number of carbonyl (C=O) groups is 1. The third kappa shape index (κ3) is 1.94. The van der Waals surface area contributed by atoms with Gasteiger partial charge in [-0.15, -0.1) is 11.3 Å². The number of aromatic hydroxyl groups is 2. The minimum atomic E-state index is -0.843. The number of nitrogens with zero attached hydrogens (tertiary/aromatic N) is 1. The van der Waals surface area contributed by atoms with Gasteiger partial charge in [-0.25, -0.2) is 4.98 Å². The van der Waals surface area contributed by atoms with Gasteiger partial charge in [0.25, 0.3) is 0 Å². The average molecular weight is 277 g/mol. The molecule has 1 unspecified atom stereocenters. The molecule has 0 saturated carbocycles. The molecule has 5 nitrogen and oxygen atoms in total. The van der Waals surface area contributed by atoms with Gasteiger partial charge in [0.15, 0.2) is 11.5 Å². The lowest BCUT2D eigenvalue weighted by Gasteiger charge is -2.02. The maximum atomic E-state index is 11.1. The van der Waals surface area contributed by atoms with E-state index >= 15 is 0 Å². The summed E-state index contributed by atoms with van der Waals surface area (Å²) in [6.07, 6.45) is 1.33. The highest BCUT2D eigenvalue weighted by Gasteiger charge is 2.32. The molecule has 0 bridgehead atoms. The Hall–Kier alpha value is -2.08. The Labute approximate surface area is 112 Å². The number of aliphatic carboxylic acids is 1. The van der Waals surface area contributed by atoms with E-state index in [4.69, 9.17) is 5.11 Å². The summed E-state index contributed by atoms with van der Waals surface area (Å²) in [5, 5.41) is 28.5. The van der Waals surface area contributed by atoms with E-state index in [2.05, 4.69) is 4.98 Å². The molecule has 1 atom stereocenters. The monoisotopic (exact) mass is 277 g/mol. The van der Waals surface area contributed by atoms with Crippen molar-refractivity contribution in [1.82, 2.24) is 4.98 Å². The molecule has 0 radical (unpaired) electrons. The third-order valence-electron chi connectivity index (χ3n) is 3.24. The van der Waals surface area contributed by atoms with Crippen molar-refractivity contribution in [2.75, 3.05) is 0 Å².